The number of para-hydroxylation sites is 1. The van der Waals surface area contributed by atoms with Gasteiger partial charge in [-0.1, -0.05) is 60.7 Å². The van der Waals surface area contributed by atoms with Crippen LogP contribution in [0.5, 0.6) is 0 Å². The summed E-state index contributed by atoms with van der Waals surface area (Å²) < 4.78 is 5.06. The predicted molar refractivity (Wildman–Crippen MR) is 149 cm³/mol. The third-order valence-corrected chi connectivity index (χ3v) is 8.18. The molecule has 164 valence electrons. The molecule has 0 aliphatic carbocycles. The molecule has 0 aliphatic rings. The smallest absolute Gasteiger partial charge is 0.0991 e. The SMILES string of the molecule is Cc1cc(C#N)ccc1-c1ccc(-n2c3ccccc3c3c4sc5ccccc5c4ccc32)cc1. The second-order valence-corrected chi connectivity index (χ2v) is 10.0. The van der Waals surface area contributed by atoms with Crippen LogP contribution in [0.2, 0.25) is 0 Å². The zero-order valence-corrected chi connectivity index (χ0v) is 19.9. The standard InChI is InChI=1S/C32H20N2S/c1-20-18-21(19-33)10-15-24(20)22-11-13-23(14-12-22)34-28-8-4-2-7-27(28)31-29(34)17-16-26-25-6-3-5-9-30(25)35-32(26)31/h2-18H,1H3. The number of rotatable bonds is 2. The molecule has 35 heavy (non-hydrogen) atoms. The van der Waals surface area contributed by atoms with Crippen LogP contribution in [0, 0.1) is 18.3 Å². The molecule has 7 aromatic rings. The summed E-state index contributed by atoms with van der Waals surface area (Å²) in [6.45, 7) is 2.06. The largest absolute Gasteiger partial charge is 0.309 e. The van der Waals surface area contributed by atoms with Crippen LogP contribution >= 0.6 is 11.3 Å². The van der Waals surface area contributed by atoms with Gasteiger partial charge in [0.1, 0.15) is 0 Å². The van der Waals surface area contributed by atoms with E-state index in [9.17, 15) is 5.26 Å². The van der Waals surface area contributed by atoms with Gasteiger partial charge in [-0.05, 0) is 66.1 Å². The van der Waals surface area contributed by atoms with Crippen molar-refractivity contribution in [2.24, 2.45) is 0 Å². The van der Waals surface area contributed by atoms with E-state index in [1.165, 1.54) is 42.0 Å². The third kappa shape index (κ3) is 2.94. The molecule has 5 aromatic carbocycles. The van der Waals surface area contributed by atoms with Crippen LogP contribution in [-0.2, 0) is 0 Å². The Bertz CT molecular complexity index is 1960. The summed E-state index contributed by atoms with van der Waals surface area (Å²) >= 11 is 1.88. The van der Waals surface area contributed by atoms with Gasteiger partial charge in [0.2, 0.25) is 0 Å². The fraction of sp³-hybridized carbons (Fsp3) is 0.0312. The molecule has 2 aromatic heterocycles. The van der Waals surface area contributed by atoms with Gasteiger partial charge in [-0.15, -0.1) is 11.3 Å². The van der Waals surface area contributed by atoms with Crippen molar-refractivity contribution >= 4 is 53.3 Å². The number of nitrogens with zero attached hydrogens (tertiary/aromatic N) is 2. The fourth-order valence-electron chi connectivity index (χ4n) is 5.36. The van der Waals surface area contributed by atoms with E-state index in [-0.39, 0.29) is 0 Å². The highest BCUT2D eigenvalue weighted by molar-refractivity contribution is 7.26. The molecular weight excluding hydrogens is 444 g/mol. The number of aryl methyl sites for hydroxylation is 1. The van der Waals surface area contributed by atoms with Crippen LogP contribution in [0.4, 0.5) is 0 Å². The number of hydrogen-bond donors (Lipinski definition) is 0. The maximum absolute atomic E-state index is 9.19. The van der Waals surface area contributed by atoms with E-state index < -0.39 is 0 Å². The molecule has 0 bridgehead atoms. The minimum absolute atomic E-state index is 0.695. The number of aromatic nitrogens is 1. The topological polar surface area (TPSA) is 28.7 Å². The van der Waals surface area contributed by atoms with Gasteiger partial charge in [0, 0.05) is 36.6 Å². The second-order valence-electron chi connectivity index (χ2n) is 8.98. The van der Waals surface area contributed by atoms with Crippen molar-refractivity contribution in [1.29, 1.82) is 5.26 Å². The molecule has 0 amide bonds. The normalized spacial score (nSPS) is 11.5. The number of hydrogen-bond acceptors (Lipinski definition) is 2. The Morgan fingerprint density at radius 3 is 2.29 bits per heavy atom. The summed E-state index contributed by atoms with van der Waals surface area (Å²) in [4.78, 5) is 0. The van der Waals surface area contributed by atoms with Gasteiger partial charge in [-0.3, -0.25) is 0 Å². The van der Waals surface area contributed by atoms with Crippen LogP contribution in [0.15, 0.2) is 103 Å². The van der Waals surface area contributed by atoms with Crippen molar-refractivity contribution in [3.05, 3.63) is 114 Å². The zero-order chi connectivity index (χ0) is 23.5. The molecule has 3 heteroatoms. The Kier molecular flexibility index (Phi) is 4.33. The van der Waals surface area contributed by atoms with Gasteiger partial charge in [-0.2, -0.15) is 5.26 Å². The van der Waals surface area contributed by atoms with Crippen LogP contribution in [0.1, 0.15) is 11.1 Å². The van der Waals surface area contributed by atoms with Crippen LogP contribution in [0.3, 0.4) is 0 Å². The minimum atomic E-state index is 0.695. The zero-order valence-electron chi connectivity index (χ0n) is 19.1. The Labute approximate surface area is 206 Å². The number of thiophene rings is 1. The predicted octanol–water partition coefficient (Wildman–Crippen LogP) is 9.00. The monoisotopic (exact) mass is 464 g/mol. The van der Waals surface area contributed by atoms with Crippen molar-refractivity contribution in [2.45, 2.75) is 6.92 Å². The molecule has 0 unspecified atom stereocenters. The van der Waals surface area contributed by atoms with Gasteiger partial charge in [0.25, 0.3) is 0 Å². The lowest BCUT2D eigenvalue weighted by Gasteiger charge is -2.11. The fourth-order valence-corrected chi connectivity index (χ4v) is 6.62. The van der Waals surface area contributed by atoms with E-state index in [1.54, 1.807) is 0 Å². The Morgan fingerprint density at radius 2 is 1.49 bits per heavy atom. The average Bonchev–Trinajstić information content (AvgIpc) is 3.44. The van der Waals surface area contributed by atoms with Crippen LogP contribution in [0.25, 0.3) is 58.8 Å². The molecule has 0 aliphatic heterocycles. The highest BCUT2D eigenvalue weighted by Gasteiger charge is 2.17. The first-order valence-corrected chi connectivity index (χ1v) is 12.5. The summed E-state index contributed by atoms with van der Waals surface area (Å²) in [5.41, 5.74) is 7.71. The lowest BCUT2D eigenvalue weighted by atomic mass is 9.98. The Morgan fingerprint density at radius 1 is 0.714 bits per heavy atom. The van der Waals surface area contributed by atoms with E-state index >= 15 is 0 Å². The third-order valence-electron chi connectivity index (χ3n) is 6.97. The molecule has 0 spiro atoms. The molecule has 0 fully saturated rings. The molecule has 7 rings (SSSR count). The Balaban J connectivity index is 1.47. The van der Waals surface area contributed by atoms with Gasteiger partial charge in [0.05, 0.1) is 22.7 Å². The van der Waals surface area contributed by atoms with Crippen LogP contribution in [-0.4, -0.2) is 4.57 Å². The van der Waals surface area contributed by atoms with Gasteiger partial charge < -0.3 is 4.57 Å². The molecule has 0 radical (unpaired) electrons. The summed E-state index contributed by atoms with van der Waals surface area (Å²) in [6.07, 6.45) is 0. The summed E-state index contributed by atoms with van der Waals surface area (Å²) in [5, 5.41) is 14.5. The minimum Gasteiger partial charge on any atom is -0.309 e. The summed E-state index contributed by atoms with van der Waals surface area (Å²) in [6, 6.07) is 38.8. The van der Waals surface area contributed by atoms with Gasteiger partial charge in [-0.25, -0.2) is 0 Å². The van der Waals surface area contributed by atoms with Gasteiger partial charge in [0.15, 0.2) is 0 Å². The molecular formula is C32H20N2S. The maximum Gasteiger partial charge on any atom is 0.0991 e. The molecule has 0 saturated carbocycles. The summed E-state index contributed by atoms with van der Waals surface area (Å²) in [5.74, 6) is 0. The lowest BCUT2D eigenvalue weighted by Crippen LogP contribution is -1.94. The van der Waals surface area contributed by atoms with Crippen molar-refractivity contribution < 1.29 is 0 Å². The van der Waals surface area contributed by atoms with Crippen molar-refractivity contribution in [2.75, 3.05) is 0 Å². The Hall–Kier alpha value is -4.39. The molecule has 0 atom stereocenters. The number of nitriles is 1. The van der Waals surface area contributed by atoms with E-state index in [0.717, 1.165) is 22.4 Å². The van der Waals surface area contributed by atoms with Crippen molar-refractivity contribution in [3.63, 3.8) is 0 Å². The first-order chi connectivity index (χ1) is 17.2. The molecule has 2 nitrogen and oxygen atoms in total. The lowest BCUT2D eigenvalue weighted by molar-refractivity contribution is 1.18. The highest BCUT2D eigenvalue weighted by atomic mass is 32.1. The van der Waals surface area contributed by atoms with E-state index in [2.05, 4.69) is 102 Å². The van der Waals surface area contributed by atoms with E-state index in [0.29, 0.717) is 5.56 Å². The first kappa shape index (κ1) is 20.0. The number of fused-ring (bicyclic) bond motifs is 7. The first-order valence-electron chi connectivity index (χ1n) is 11.7. The summed E-state index contributed by atoms with van der Waals surface area (Å²) in [7, 11) is 0. The van der Waals surface area contributed by atoms with Gasteiger partial charge >= 0.3 is 0 Å². The van der Waals surface area contributed by atoms with Crippen LogP contribution < -0.4 is 0 Å². The van der Waals surface area contributed by atoms with E-state index in [4.69, 9.17) is 0 Å². The maximum atomic E-state index is 9.19. The highest BCUT2D eigenvalue weighted by Crippen LogP contribution is 2.43. The average molecular weight is 465 g/mol. The molecule has 0 N–H and O–H groups in total. The molecule has 2 heterocycles. The van der Waals surface area contributed by atoms with Crippen molar-refractivity contribution in [1.82, 2.24) is 4.57 Å². The molecule has 0 saturated heterocycles. The number of benzene rings is 5. The van der Waals surface area contributed by atoms with E-state index in [1.807, 2.05) is 29.5 Å². The van der Waals surface area contributed by atoms with Crippen molar-refractivity contribution in [3.8, 4) is 22.9 Å². The quantitative estimate of drug-likeness (QED) is 0.251. The second kappa shape index (κ2) is 7.56.